The maximum absolute atomic E-state index is 8.36. The lowest BCUT2D eigenvalue weighted by Gasteiger charge is -2.29. The SMILES string of the molecule is COc1ccc2nc(CCNC(C)CN3CCOCC3)[nH]c2c1.O=CO.O=CO. The molecule has 29 heavy (non-hydrogen) atoms. The highest BCUT2D eigenvalue weighted by Crippen LogP contribution is 2.18. The Hall–Kier alpha value is -2.69. The molecule has 0 bridgehead atoms. The van der Waals surface area contributed by atoms with Crippen molar-refractivity contribution in [3.8, 4) is 5.75 Å². The number of ether oxygens (including phenoxy) is 2. The number of aromatic amines is 1. The Morgan fingerprint density at radius 2 is 1.97 bits per heavy atom. The molecule has 2 aromatic rings. The molecule has 1 aromatic heterocycles. The van der Waals surface area contributed by atoms with Gasteiger partial charge in [-0.05, 0) is 19.1 Å². The number of morpholine rings is 1. The highest BCUT2D eigenvalue weighted by molar-refractivity contribution is 5.76. The van der Waals surface area contributed by atoms with E-state index in [1.165, 1.54) is 0 Å². The van der Waals surface area contributed by atoms with E-state index in [1.54, 1.807) is 7.11 Å². The molecule has 2 heterocycles. The van der Waals surface area contributed by atoms with Crippen LogP contribution < -0.4 is 10.1 Å². The Labute approximate surface area is 169 Å². The van der Waals surface area contributed by atoms with Gasteiger partial charge < -0.3 is 30.0 Å². The van der Waals surface area contributed by atoms with Gasteiger partial charge in [0.15, 0.2) is 0 Å². The second-order valence-electron chi connectivity index (χ2n) is 6.30. The summed E-state index contributed by atoms with van der Waals surface area (Å²) in [5.74, 6) is 1.87. The van der Waals surface area contributed by atoms with Gasteiger partial charge in [0.25, 0.3) is 12.9 Å². The van der Waals surface area contributed by atoms with Crippen molar-refractivity contribution in [3.63, 3.8) is 0 Å². The van der Waals surface area contributed by atoms with Crippen LogP contribution in [0, 0.1) is 0 Å². The number of benzene rings is 1. The Bertz CT molecular complexity index is 712. The van der Waals surface area contributed by atoms with Gasteiger partial charge in [0.1, 0.15) is 11.6 Å². The van der Waals surface area contributed by atoms with Crippen LogP contribution in [0.5, 0.6) is 5.75 Å². The van der Waals surface area contributed by atoms with E-state index < -0.39 is 0 Å². The van der Waals surface area contributed by atoms with Crippen LogP contribution in [0.1, 0.15) is 12.7 Å². The predicted molar refractivity (Wildman–Crippen MR) is 108 cm³/mol. The molecule has 10 heteroatoms. The number of rotatable bonds is 7. The number of hydrogen-bond acceptors (Lipinski definition) is 7. The van der Waals surface area contributed by atoms with Crippen molar-refractivity contribution >= 4 is 24.0 Å². The predicted octanol–water partition coefficient (Wildman–Crippen LogP) is 0.826. The van der Waals surface area contributed by atoms with Crippen LogP contribution in [0.4, 0.5) is 0 Å². The van der Waals surface area contributed by atoms with Crippen LogP contribution in [0.3, 0.4) is 0 Å². The summed E-state index contributed by atoms with van der Waals surface area (Å²) < 4.78 is 10.6. The van der Waals surface area contributed by atoms with Gasteiger partial charge in [-0.2, -0.15) is 0 Å². The minimum Gasteiger partial charge on any atom is -0.497 e. The summed E-state index contributed by atoms with van der Waals surface area (Å²) in [7, 11) is 1.68. The largest absolute Gasteiger partial charge is 0.497 e. The summed E-state index contributed by atoms with van der Waals surface area (Å²) in [6.45, 7) is 7.52. The number of nitrogens with zero attached hydrogens (tertiary/aromatic N) is 2. The Morgan fingerprint density at radius 1 is 1.31 bits per heavy atom. The van der Waals surface area contributed by atoms with E-state index in [1.807, 2.05) is 18.2 Å². The third-order valence-corrected chi connectivity index (χ3v) is 4.23. The monoisotopic (exact) mass is 410 g/mol. The number of fused-ring (bicyclic) bond motifs is 1. The van der Waals surface area contributed by atoms with E-state index >= 15 is 0 Å². The molecule has 1 atom stereocenters. The second-order valence-corrected chi connectivity index (χ2v) is 6.30. The molecule has 0 amide bonds. The highest BCUT2D eigenvalue weighted by atomic mass is 16.5. The standard InChI is InChI=1S/C17H26N4O2.2CH2O2/c1-13(12-21-7-9-23-10-8-21)18-6-5-17-19-15-4-3-14(22-2)11-16(15)20-17;2*2-1-3/h3-4,11,13,18H,5-10,12H2,1-2H3,(H,19,20);2*1H,(H,2,3). The molecule has 0 aliphatic carbocycles. The van der Waals surface area contributed by atoms with Crippen molar-refractivity contribution in [2.24, 2.45) is 0 Å². The smallest absolute Gasteiger partial charge is 0.290 e. The summed E-state index contributed by atoms with van der Waals surface area (Å²) in [6, 6.07) is 6.39. The quantitative estimate of drug-likeness (QED) is 0.489. The van der Waals surface area contributed by atoms with Crippen molar-refractivity contribution < 1.29 is 29.3 Å². The summed E-state index contributed by atoms with van der Waals surface area (Å²) in [6.07, 6.45) is 0.893. The van der Waals surface area contributed by atoms with Gasteiger partial charge in [0, 0.05) is 44.7 Å². The Kier molecular flexibility index (Phi) is 12.0. The summed E-state index contributed by atoms with van der Waals surface area (Å²) >= 11 is 0. The third-order valence-electron chi connectivity index (χ3n) is 4.23. The zero-order valence-electron chi connectivity index (χ0n) is 16.8. The van der Waals surface area contributed by atoms with E-state index in [9.17, 15) is 0 Å². The minimum absolute atomic E-state index is 0.250. The van der Waals surface area contributed by atoms with Crippen molar-refractivity contribution in [2.45, 2.75) is 19.4 Å². The summed E-state index contributed by atoms with van der Waals surface area (Å²) in [5.41, 5.74) is 2.02. The third kappa shape index (κ3) is 9.37. The summed E-state index contributed by atoms with van der Waals surface area (Å²) in [4.78, 5) is 27.2. The number of H-pyrrole nitrogens is 1. The first kappa shape index (κ1) is 24.3. The maximum Gasteiger partial charge on any atom is 0.290 e. The Morgan fingerprint density at radius 3 is 2.59 bits per heavy atom. The number of aromatic nitrogens is 2. The second kappa shape index (κ2) is 14.3. The van der Waals surface area contributed by atoms with Crippen LogP contribution in [0.25, 0.3) is 11.0 Å². The fraction of sp³-hybridized carbons (Fsp3) is 0.526. The molecule has 4 N–H and O–H groups in total. The van der Waals surface area contributed by atoms with Crippen LogP contribution >= 0.6 is 0 Å². The highest BCUT2D eigenvalue weighted by Gasteiger charge is 2.13. The fourth-order valence-corrected chi connectivity index (χ4v) is 2.96. The normalized spacial score (nSPS) is 14.7. The van der Waals surface area contributed by atoms with Crippen LogP contribution in [0.2, 0.25) is 0 Å². The number of hydrogen-bond donors (Lipinski definition) is 4. The number of nitrogens with one attached hydrogen (secondary N) is 2. The molecular formula is C19H30N4O6. The molecule has 1 fully saturated rings. The van der Waals surface area contributed by atoms with Crippen LogP contribution in [-0.4, -0.2) is 90.6 Å². The molecule has 1 unspecified atom stereocenters. The van der Waals surface area contributed by atoms with Gasteiger partial charge in [-0.3, -0.25) is 14.5 Å². The van der Waals surface area contributed by atoms with E-state index in [2.05, 4.69) is 27.1 Å². The molecule has 1 aromatic carbocycles. The topological polar surface area (TPSA) is 137 Å². The molecule has 0 saturated carbocycles. The van der Waals surface area contributed by atoms with Crippen molar-refractivity contribution in [1.82, 2.24) is 20.2 Å². The molecule has 1 aliphatic rings. The zero-order chi connectivity index (χ0) is 21.5. The lowest BCUT2D eigenvalue weighted by Crippen LogP contribution is -2.44. The Balaban J connectivity index is 0.000000626. The van der Waals surface area contributed by atoms with E-state index in [4.69, 9.17) is 29.3 Å². The first-order valence-electron chi connectivity index (χ1n) is 9.29. The zero-order valence-corrected chi connectivity index (χ0v) is 16.8. The number of imidazole rings is 1. The van der Waals surface area contributed by atoms with Crippen molar-refractivity contribution in [2.75, 3.05) is 46.5 Å². The summed E-state index contributed by atoms with van der Waals surface area (Å²) in [5, 5.41) is 17.4. The minimum atomic E-state index is -0.250. The molecular weight excluding hydrogens is 380 g/mol. The van der Waals surface area contributed by atoms with Gasteiger partial charge in [0.05, 0.1) is 31.4 Å². The van der Waals surface area contributed by atoms with E-state index in [-0.39, 0.29) is 12.9 Å². The van der Waals surface area contributed by atoms with Crippen molar-refractivity contribution in [3.05, 3.63) is 24.0 Å². The maximum atomic E-state index is 8.36. The van der Waals surface area contributed by atoms with Gasteiger partial charge in [-0.25, -0.2) is 4.98 Å². The van der Waals surface area contributed by atoms with E-state index in [0.717, 1.165) is 68.4 Å². The van der Waals surface area contributed by atoms with Gasteiger partial charge in [0.2, 0.25) is 0 Å². The van der Waals surface area contributed by atoms with Gasteiger partial charge >= 0.3 is 0 Å². The van der Waals surface area contributed by atoms with Crippen LogP contribution in [-0.2, 0) is 20.7 Å². The van der Waals surface area contributed by atoms with Gasteiger partial charge in [-0.1, -0.05) is 0 Å². The molecule has 162 valence electrons. The molecule has 0 radical (unpaired) electrons. The van der Waals surface area contributed by atoms with Crippen molar-refractivity contribution in [1.29, 1.82) is 0 Å². The fourth-order valence-electron chi connectivity index (χ4n) is 2.96. The number of carbonyl (C=O) groups is 2. The number of methoxy groups -OCH3 is 1. The molecule has 3 rings (SSSR count). The molecule has 10 nitrogen and oxygen atoms in total. The average Bonchev–Trinajstić information content (AvgIpc) is 3.11. The van der Waals surface area contributed by atoms with Gasteiger partial charge in [-0.15, -0.1) is 0 Å². The lowest BCUT2D eigenvalue weighted by atomic mass is 10.2. The lowest BCUT2D eigenvalue weighted by molar-refractivity contribution is -0.123. The first-order valence-corrected chi connectivity index (χ1v) is 9.29. The average molecular weight is 410 g/mol. The van der Waals surface area contributed by atoms with E-state index in [0.29, 0.717) is 6.04 Å². The first-order chi connectivity index (χ1) is 14.1. The number of carboxylic acid groups (broad SMARTS) is 2. The van der Waals surface area contributed by atoms with Crippen LogP contribution in [0.15, 0.2) is 18.2 Å². The molecule has 1 aliphatic heterocycles. The molecule has 0 spiro atoms. The molecule has 1 saturated heterocycles.